The topological polar surface area (TPSA) is 138 Å². The number of carbonyl (C=O) groups is 5. The number of amides is 4. The van der Waals surface area contributed by atoms with E-state index in [-0.39, 0.29) is 41.7 Å². The van der Waals surface area contributed by atoms with Gasteiger partial charge in [0.15, 0.2) is 0 Å². The third-order valence-corrected chi connectivity index (χ3v) is 13.2. The maximum absolute atomic E-state index is 14.6. The first kappa shape index (κ1) is 46.6. The Morgan fingerprint density at radius 1 is 0.983 bits per heavy atom. The molecule has 3 aliphatic rings. The molecule has 2 unspecified atom stereocenters. The molecule has 0 aromatic heterocycles. The SMILES string of the molecule is CC[C@H](C)[C@H]1C(=O)N2CCC[C@H]2C(=O)OC(C(C)(C)C)C[C@@H](C)C/C=C(\C)C2=N[C@@H](/C=C(\C)C(=O)NC(Cc3ccc(OC)cc3)C(=O)N(C)[C@@H](C)C(=O)N1C)CS2. The summed E-state index contributed by atoms with van der Waals surface area (Å²) in [7, 11) is 4.71. The molecule has 0 spiro atoms. The van der Waals surface area contributed by atoms with E-state index in [9.17, 15) is 24.0 Å². The summed E-state index contributed by atoms with van der Waals surface area (Å²) >= 11 is 1.65. The summed E-state index contributed by atoms with van der Waals surface area (Å²) in [5, 5.41) is 3.88. The van der Waals surface area contributed by atoms with Gasteiger partial charge in [-0.2, -0.15) is 0 Å². The van der Waals surface area contributed by atoms with E-state index in [0.717, 1.165) is 22.6 Å². The van der Waals surface area contributed by atoms with E-state index in [1.54, 1.807) is 63.8 Å². The monoisotopic (exact) mass is 821 g/mol. The molecule has 0 aliphatic carbocycles. The predicted molar refractivity (Wildman–Crippen MR) is 231 cm³/mol. The van der Waals surface area contributed by atoms with Crippen molar-refractivity contribution in [2.45, 2.75) is 137 Å². The summed E-state index contributed by atoms with van der Waals surface area (Å²) in [6.45, 7) is 18.0. The Morgan fingerprint density at radius 3 is 2.28 bits per heavy atom. The van der Waals surface area contributed by atoms with Gasteiger partial charge in [0.05, 0.1) is 18.2 Å². The van der Waals surface area contributed by atoms with Gasteiger partial charge in [-0.1, -0.05) is 72.2 Å². The quantitative estimate of drug-likeness (QED) is 0.346. The number of hydrogen-bond acceptors (Lipinski definition) is 9. The molecule has 12 nitrogen and oxygen atoms in total. The zero-order chi connectivity index (χ0) is 43.1. The van der Waals surface area contributed by atoms with E-state index in [1.807, 2.05) is 39.0 Å². The highest BCUT2D eigenvalue weighted by Crippen LogP contribution is 2.33. The summed E-state index contributed by atoms with van der Waals surface area (Å²) in [6, 6.07) is 3.44. The molecule has 58 heavy (non-hydrogen) atoms. The average Bonchev–Trinajstić information content (AvgIpc) is 3.88. The highest BCUT2D eigenvalue weighted by molar-refractivity contribution is 8.14. The second-order valence-corrected chi connectivity index (χ2v) is 18.6. The number of ether oxygens (including phenoxy) is 2. The number of fused-ring (bicyclic) bond motifs is 2. The number of carbonyl (C=O) groups excluding carboxylic acids is 5. The lowest BCUT2D eigenvalue weighted by Crippen LogP contribution is -2.59. The molecule has 1 fully saturated rings. The van der Waals surface area contributed by atoms with Crippen LogP contribution in [0.25, 0.3) is 0 Å². The fourth-order valence-electron chi connectivity index (χ4n) is 7.74. The van der Waals surface area contributed by atoms with Crippen LogP contribution in [-0.4, -0.2) is 119 Å². The van der Waals surface area contributed by atoms with Crippen molar-refractivity contribution in [3.63, 3.8) is 0 Å². The van der Waals surface area contributed by atoms with Gasteiger partial charge in [-0.3, -0.25) is 24.2 Å². The number of nitrogens with one attached hydrogen (secondary N) is 1. The van der Waals surface area contributed by atoms with Crippen LogP contribution in [0.2, 0.25) is 0 Å². The number of likely N-dealkylation sites (N-methyl/N-ethyl adjacent to an activating group) is 2. The van der Waals surface area contributed by atoms with Gasteiger partial charge < -0.3 is 29.5 Å². The van der Waals surface area contributed by atoms with Gasteiger partial charge in [0.2, 0.25) is 23.6 Å². The summed E-state index contributed by atoms with van der Waals surface area (Å²) in [6.07, 6.45) is 6.95. The van der Waals surface area contributed by atoms with Gasteiger partial charge in [-0.25, -0.2) is 4.79 Å². The highest BCUT2D eigenvalue weighted by atomic mass is 32.2. The molecule has 0 radical (unpaired) electrons. The van der Waals surface area contributed by atoms with Crippen LogP contribution in [0.3, 0.4) is 0 Å². The number of hydrogen-bond donors (Lipinski definition) is 1. The lowest BCUT2D eigenvalue weighted by atomic mass is 9.83. The van der Waals surface area contributed by atoms with E-state index in [1.165, 1.54) is 9.80 Å². The maximum atomic E-state index is 14.6. The van der Waals surface area contributed by atoms with Crippen molar-refractivity contribution in [1.29, 1.82) is 0 Å². The lowest BCUT2D eigenvalue weighted by molar-refractivity contribution is -0.166. The molecule has 13 heteroatoms. The third-order valence-electron chi connectivity index (χ3n) is 12.0. The molecule has 320 valence electrons. The minimum atomic E-state index is -1.01. The second-order valence-electron chi connectivity index (χ2n) is 17.6. The number of methoxy groups -OCH3 is 1. The Balaban J connectivity index is 1.74. The molecule has 4 amide bonds. The minimum absolute atomic E-state index is 0.170. The van der Waals surface area contributed by atoms with Gasteiger partial charge >= 0.3 is 5.97 Å². The summed E-state index contributed by atoms with van der Waals surface area (Å²) in [5.41, 5.74) is 1.95. The van der Waals surface area contributed by atoms with Gasteiger partial charge in [0.25, 0.3) is 0 Å². The molecule has 2 bridgehead atoms. The van der Waals surface area contributed by atoms with Crippen LogP contribution in [0.4, 0.5) is 0 Å². The highest BCUT2D eigenvalue weighted by Gasteiger charge is 2.44. The van der Waals surface area contributed by atoms with Crippen LogP contribution in [-0.2, 0) is 35.1 Å². The summed E-state index contributed by atoms with van der Waals surface area (Å²) in [5.74, 6) is -0.708. The first-order valence-electron chi connectivity index (χ1n) is 20.8. The van der Waals surface area contributed by atoms with Crippen LogP contribution >= 0.6 is 11.8 Å². The van der Waals surface area contributed by atoms with Gasteiger partial charge in [-0.05, 0) is 87.0 Å². The van der Waals surface area contributed by atoms with Crippen molar-refractivity contribution < 1.29 is 33.4 Å². The first-order valence-corrected chi connectivity index (χ1v) is 21.8. The van der Waals surface area contributed by atoms with E-state index in [4.69, 9.17) is 14.5 Å². The second kappa shape index (κ2) is 20.2. The molecule has 1 aromatic carbocycles. The average molecular weight is 822 g/mol. The van der Waals surface area contributed by atoms with Gasteiger partial charge in [0, 0.05) is 38.4 Å². The van der Waals surface area contributed by atoms with E-state index in [0.29, 0.717) is 49.3 Å². The van der Waals surface area contributed by atoms with Crippen molar-refractivity contribution in [2.24, 2.45) is 22.2 Å². The molecule has 1 saturated heterocycles. The fraction of sp³-hybridized carbons (Fsp3) is 0.644. The van der Waals surface area contributed by atoms with Crippen molar-refractivity contribution in [1.82, 2.24) is 20.0 Å². The number of nitrogens with zero attached hydrogens (tertiary/aromatic N) is 4. The van der Waals surface area contributed by atoms with Crippen molar-refractivity contribution >= 4 is 46.4 Å². The molecule has 1 aromatic rings. The largest absolute Gasteiger partial charge is 0.497 e. The fourth-order valence-corrected chi connectivity index (χ4v) is 8.76. The lowest BCUT2D eigenvalue weighted by Gasteiger charge is -2.39. The zero-order valence-electron chi connectivity index (χ0n) is 36.8. The van der Waals surface area contributed by atoms with Crippen LogP contribution in [0.5, 0.6) is 5.75 Å². The molecular formula is C45H67N5O7S. The first-order chi connectivity index (χ1) is 27.3. The number of esters is 1. The molecular weight excluding hydrogens is 755 g/mol. The Labute approximate surface area is 350 Å². The number of thioether (sulfide) groups is 1. The summed E-state index contributed by atoms with van der Waals surface area (Å²) in [4.78, 5) is 80.4. The Morgan fingerprint density at radius 2 is 1.66 bits per heavy atom. The van der Waals surface area contributed by atoms with E-state index in [2.05, 4.69) is 39.1 Å². The Bertz CT molecular complexity index is 1750. The third kappa shape index (κ3) is 11.5. The normalized spacial score (nSPS) is 30.2. The van der Waals surface area contributed by atoms with Crippen LogP contribution in [0, 0.1) is 17.3 Å². The number of benzene rings is 1. The Hall–Kier alpha value is -4.13. The zero-order valence-corrected chi connectivity index (χ0v) is 37.6. The van der Waals surface area contributed by atoms with Crippen molar-refractivity contribution in [3.05, 3.63) is 53.1 Å². The molecule has 4 rings (SSSR count). The van der Waals surface area contributed by atoms with Gasteiger partial charge in [-0.15, -0.1) is 11.8 Å². The molecule has 1 N–H and O–H groups in total. The predicted octanol–water partition coefficient (Wildman–Crippen LogP) is 6.23. The van der Waals surface area contributed by atoms with Crippen LogP contribution in [0.15, 0.2) is 52.6 Å². The number of allylic oxidation sites excluding steroid dienone is 1. The van der Waals surface area contributed by atoms with E-state index >= 15 is 0 Å². The van der Waals surface area contributed by atoms with Crippen LogP contribution < -0.4 is 10.1 Å². The standard InChI is InChI=1S/C45H67N5O7S/c1-13-28(3)38-43(54)50-22-14-15-36(50)44(55)57-37(45(7,8)9)23-27(2)16-17-29(4)40-46-33(26-58-40)24-30(5)39(51)47-35(25-32-18-20-34(56-12)21-19-32)42(53)48(10)31(6)41(52)49(38)11/h17-21,24,27-28,31,33,35-38H,13-16,22-23,25-26H2,1-12H3,(H,47,51)/b29-17+,30-24+/t27-,28-,31-,33-,35?,36-,37?,38-/m0/s1. The number of cyclic esters (lactones) is 1. The molecule has 3 heterocycles. The van der Waals surface area contributed by atoms with Gasteiger partial charge in [0.1, 0.15) is 36.0 Å². The van der Waals surface area contributed by atoms with Crippen molar-refractivity contribution in [2.75, 3.05) is 33.5 Å². The Kier molecular flexibility index (Phi) is 16.2. The molecule has 8 atom stereocenters. The number of aliphatic imine (C=N–C) groups is 1. The smallest absolute Gasteiger partial charge is 0.329 e. The summed E-state index contributed by atoms with van der Waals surface area (Å²) < 4.78 is 11.6. The minimum Gasteiger partial charge on any atom is -0.497 e. The van der Waals surface area contributed by atoms with E-state index < -0.39 is 47.9 Å². The van der Waals surface area contributed by atoms with Crippen molar-refractivity contribution in [3.8, 4) is 5.75 Å². The maximum Gasteiger partial charge on any atom is 0.329 e. The molecule has 3 aliphatic heterocycles. The number of rotatable bonds is 5. The van der Waals surface area contributed by atoms with Crippen LogP contribution in [0.1, 0.15) is 100.0 Å². The molecule has 0 saturated carbocycles.